The van der Waals surface area contributed by atoms with Gasteiger partial charge >= 0.3 is 0 Å². The van der Waals surface area contributed by atoms with Gasteiger partial charge in [0.1, 0.15) is 8.07 Å². The van der Waals surface area contributed by atoms with E-state index in [0.29, 0.717) is 28.9 Å². The fourth-order valence-corrected chi connectivity index (χ4v) is 9.08. The van der Waals surface area contributed by atoms with Gasteiger partial charge in [0.15, 0.2) is 5.69 Å². The molecule has 0 atom stereocenters. The van der Waals surface area contributed by atoms with E-state index in [0.717, 1.165) is 0 Å². The van der Waals surface area contributed by atoms with Gasteiger partial charge in [-0.3, -0.25) is 0 Å². The Labute approximate surface area is 171 Å². The van der Waals surface area contributed by atoms with Crippen LogP contribution in [0, 0.1) is 35.1 Å². The molecule has 28 heavy (non-hydrogen) atoms. The standard InChI is InChI=1S/C24H29N3Si/c1-20(2)28(21(3)4,22(5)6)17-13-8-7-12-16-24-19-27(26-25-24)18-23-14-10-9-11-15-23/h9-11,14-15,19-22H,18H2,1-6H3. The van der Waals surface area contributed by atoms with Crippen LogP contribution >= 0.6 is 0 Å². The van der Waals surface area contributed by atoms with E-state index in [4.69, 9.17) is 0 Å². The number of rotatable bonds is 5. The monoisotopic (exact) mass is 387 g/mol. The molecular formula is C24H29N3Si. The molecule has 2 rings (SSSR count). The molecule has 0 spiro atoms. The van der Waals surface area contributed by atoms with Crippen molar-refractivity contribution in [1.29, 1.82) is 0 Å². The third-order valence-electron chi connectivity index (χ3n) is 5.25. The van der Waals surface area contributed by atoms with Crippen molar-refractivity contribution in [3.05, 3.63) is 47.8 Å². The summed E-state index contributed by atoms with van der Waals surface area (Å²) in [6.45, 7) is 14.5. The van der Waals surface area contributed by atoms with E-state index in [2.05, 4.69) is 99.1 Å². The first kappa shape index (κ1) is 21.6. The van der Waals surface area contributed by atoms with E-state index >= 15 is 0 Å². The van der Waals surface area contributed by atoms with E-state index in [1.807, 2.05) is 24.4 Å². The fraction of sp³-hybridized carbons (Fsp3) is 0.417. The molecule has 1 aromatic carbocycles. The maximum atomic E-state index is 4.11. The summed E-state index contributed by atoms with van der Waals surface area (Å²) in [5.74, 6) is 14.6. The lowest BCUT2D eigenvalue weighted by Crippen LogP contribution is -2.43. The summed E-state index contributed by atoms with van der Waals surface area (Å²) in [5.41, 5.74) is 7.18. The summed E-state index contributed by atoms with van der Waals surface area (Å²) in [6.07, 6.45) is 1.83. The Morgan fingerprint density at radius 3 is 2.07 bits per heavy atom. The van der Waals surface area contributed by atoms with Crippen molar-refractivity contribution in [1.82, 2.24) is 15.0 Å². The van der Waals surface area contributed by atoms with E-state index in [1.54, 1.807) is 4.68 Å². The molecule has 0 unspecified atom stereocenters. The Balaban J connectivity index is 2.07. The minimum absolute atomic E-state index is 0.604. The highest BCUT2D eigenvalue weighted by Gasteiger charge is 2.41. The molecule has 4 heteroatoms. The number of benzene rings is 1. The molecule has 0 N–H and O–H groups in total. The molecule has 0 amide bonds. The Morgan fingerprint density at radius 1 is 0.857 bits per heavy atom. The zero-order valence-electron chi connectivity index (χ0n) is 17.7. The molecule has 0 saturated carbocycles. The van der Waals surface area contributed by atoms with Crippen LogP contribution in [0.3, 0.4) is 0 Å². The van der Waals surface area contributed by atoms with Gasteiger partial charge in [-0.05, 0) is 51.8 Å². The van der Waals surface area contributed by atoms with E-state index < -0.39 is 8.07 Å². The van der Waals surface area contributed by atoms with Crippen LogP contribution < -0.4 is 0 Å². The Bertz CT molecular complexity index is 930. The van der Waals surface area contributed by atoms with Gasteiger partial charge in [0.25, 0.3) is 0 Å². The van der Waals surface area contributed by atoms with Gasteiger partial charge in [0, 0.05) is 0 Å². The minimum Gasteiger partial charge on any atom is -0.247 e. The van der Waals surface area contributed by atoms with Crippen molar-refractivity contribution in [2.45, 2.75) is 64.7 Å². The number of nitrogens with zero attached hydrogens (tertiary/aromatic N) is 3. The number of hydrogen-bond donors (Lipinski definition) is 0. The third kappa shape index (κ3) is 5.38. The van der Waals surface area contributed by atoms with Gasteiger partial charge in [-0.2, -0.15) is 0 Å². The van der Waals surface area contributed by atoms with E-state index in [1.165, 1.54) is 5.56 Å². The second kappa shape index (κ2) is 9.98. The van der Waals surface area contributed by atoms with Crippen molar-refractivity contribution in [2.24, 2.45) is 0 Å². The maximum absolute atomic E-state index is 4.11. The van der Waals surface area contributed by atoms with Gasteiger partial charge in [-0.1, -0.05) is 77.1 Å². The second-order valence-electron chi connectivity index (χ2n) is 7.93. The van der Waals surface area contributed by atoms with E-state index in [-0.39, 0.29) is 0 Å². The fourth-order valence-electron chi connectivity index (χ4n) is 3.93. The summed E-state index contributed by atoms with van der Waals surface area (Å²) < 4.78 is 1.78. The van der Waals surface area contributed by atoms with Crippen molar-refractivity contribution in [2.75, 3.05) is 0 Å². The van der Waals surface area contributed by atoms with Crippen LogP contribution in [0.25, 0.3) is 0 Å². The molecular weight excluding hydrogens is 358 g/mol. The van der Waals surface area contributed by atoms with Crippen molar-refractivity contribution in [3.8, 4) is 35.1 Å². The largest absolute Gasteiger partial charge is 0.247 e. The Morgan fingerprint density at radius 2 is 1.46 bits per heavy atom. The average molecular weight is 388 g/mol. The van der Waals surface area contributed by atoms with Crippen LogP contribution in [0.5, 0.6) is 0 Å². The van der Waals surface area contributed by atoms with Gasteiger partial charge in [-0.25, -0.2) is 4.68 Å². The highest BCUT2D eigenvalue weighted by molar-refractivity contribution is 6.90. The van der Waals surface area contributed by atoms with Gasteiger partial charge in [0.2, 0.25) is 0 Å². The molecule has 2 aromatic rings. The highest BCUT2D eigenvalue weighted by Crippen LogP contribution is 2.40. The zero-order valence-corrected chi connectivity index (χ0v) is 18.7. The first-order valence-corrected chi connectivity index (χ1v) is 12.1. The first-order valence-electron chi connectivity index (χ1n) is 9.83. The molecule has 0 saturated heterocycles. The van der Waals surface area contributed by atoms with Crippen molar-refractivity contribution < 1.29 is 0 Å². The molecule has 3 nitrogen and oxygen atoms in total. The van der Waals surface area contributed by atoms with Crippen LogP contribution in [0.15, 0.2) is 36.5 Å². The molecule has 0 fully saturated rings. The molecule has 0 aliphatic carbocycles. The van der Waals surface area contributed by atoms with Crippen LogP contribution in [-0.2, 0) is 6.54 Å². The highest BCUT2D eigenvalue weighted by atomic mass is 28.3. The first-order chi connectivity index (χ1) is 13.4. The average Bonchev–Trinajstić information content (AvgIpc) is 3.08. The van der Waals surface area contributed by atoms with Crippen LogP contribution in [0.4, 0.5) is 0 Å². The predicted molar refractivity (Wildman–Crippen MR) is 119 cm³/mol. The summed E-state index contributed by atoms with van der Waals surface area (Å²) in [5, 5.41) is 8.19. The quantitative estimate of drug-likeness (QED) is 0.539. The van der Waals surface area contributed by atoms with Crippen LogP contribution in [0.2, 0.25) is 16.6 Å². The summed E-state index contributed by atoms with van der Waals surface area (Å²) >= 11 is 0. The van der Waals surface area contributed by atoms with E-state index in [9.17, 15) is 0 Å². The topological polar surface area (TPSA) is 30.7 Å². The molecule has 0 radical (unpaired) electrons. The van der Waals surface area contributed by atoms with Crippen molar-refractivity contribution in [3.63, 3.8) is 0 Å². The lowest BCUT2D eigenvalue weighted by molar-refractivity contribution is 0.649. The smallest absolute Gasteiger partial charge is 0.156 e. The van der Waals surface area contributed by atoms with Gasteiger partial charge < -0.3 is 0 Å². The normalized spacial score (nSPS) is 10.8. The zero-order chi connectivity index (χ0) is 20.6. The summed E-state index contributed by atoms with van der Waals surface area (Å²) in [7, 11) is -1.72. The molecule has 1 heterocycles. The predicted octanol–water partition coefficient (Wildman–Crippen LogP) is 4.90. The molecule has 0 bridgehead atoms. The second-order valence-corrected chi connectivity index (χ2v) is 13.5. The van der Waals surface area contributed by atoms with Gasteiger partial charge in [0.05, 0.1) is 12.7 Å². The Hall–Kier alpha value is -2.74. The van der Waals surface area contributed by atoms with Gasteiger partial charge in [-0.15, -0.1) is 10.6 Å². The number of aromatic nitrogens is 3. The summed E-state index contributed by atoms with van der Waals surface area (Å²) in [6, 6.07) is 10.1. The van der Waals surface area contributed by atoms with Crippen LogP contribution in [0.1, 0.15) is 52.8 Å². The molecule has 1 aromatic heterocycles. The maximum Gasteiger partial charge on any atom is 0.156 e. The molecule has 144 valence electrons. The minimum atomic E-state index is -1.72. The summed E-state index contributed by atoms with van der Waals surface area (Å²) in [4.78, 5) is 0. The van der Waals surface area contributed by atoms with Crippen molar-refractivity contribution >= 4 is 8.07 Å². The lowest BCUT2D eigenvalue weighted by atomic mass is 10.2. The molecule has 0 aliphatic heterocycles. The SMILES string of the molecule is CC(C)[Si](C#CC#CC#Cc1cn(Cc2ccccc2)nn1)(C(C)C)C(C)C. The lowest BCUT2D eigenvalue weighted by Gasteiger charge is -2.37. The molecule has 0 aliphatic rings. The number of hydrogen-bond acceptors (Lipinski definition) is 2. The van der Waals surface area contributed by atoms with Crippen LogP contribution in [-0.4, -0.2) is 23.1 Å². The Kier molecular flexibility index (Phi) is 7.68. The third-order valence-corrected chi connectivity index (χ3v) is 11.5.